The maximum absolute atomic E-state index is 12.9. The van der Waals surface area contributed by atoms with Gasteiger partial charge in [-0.1, -0.05) is 0 Å². The van der Waals surface area contributed by atoms with E-state index in [1.165, 1.54) is 10.6 Å². The molecule has 0 bridgehead atoms. The highest BCUT2D eigenvalue weighted by Crippen LogP contribution is 2.09. The van der Waals surface area contributed by atoms with Gasteiger partial charge in [0.25, 0.3) is 0 Å². The second-order valence-corrected chi connectivity index (χ2v) is 3.47. The van der Waals surface area contributed by atoms with Crippen molar-refractivity contribution in [3.8, 4) is 0 Å². The number of rotatable bonds is 1. The highest BCUT2D eigenvalue weighted by atomic mass is 19.1. The fraction of sp³-hybridized carbons (Fsp3) is 0.200. The molecule has 0 fully saturated rings. The summed E-state index contributed by atoms with van der Waals surface area (Å²) in [4.78, 5) is 15.1. The number of aliphatic imine (C=N–C) groups is 1. The molecule has 2 heterocycles. The molecule has 1 aliphatic rings. The molecule has 0 radical (unpaired) electrons. The van der Waals surface area contributed by atoms with E-state index in [2.05, 4.69) is 10.3 Å². The summed E-state index contributed by atoms with van der Waals surface area (Å²) in [6.45, 7) is 0.0213. The number of nitrogens with one attached hydrogen (secondary N) is 1. The van der Waals surface area contributed by atoms with Crippen molar-refractivity contribution in [1.29, 1.82) is 0 Å². The van der Waals surface area contributed by atoms with Gasteiger partial charge in [0.05, 0.1) is 6.54 Å². The Kier molecular flexibility index (Phi) is 2.47. The fourth-order valence-corrected chi connectivity index (χ4v) is 1.37. The third kappa shape index (κ3) is 1.81. The minimum Gasteiger partial charge on any atom is -0.381 e. The summed E-state index contributed by atoms with van der Waals surface area (Å²) >= 11 is 0. The number of pyridine rings is 1. The number of nitrogens with two attached hydrogens (primary N) is 1. The Labute approximate surface area is 91.1 Å². The lowest BCUT2D eigenvalue weighted by molar-refractivity contribution is 0.581. The summed E-state index contributed by atoms with van der Waals surface area (Å²) < 4.78 is 14.4. The number of aryl methyl sites for hydroxylation is 1. The smallest absolute Gasteiger partial charge is 0.250 e. The predicted octanol–water partition coefficient (Wildman–Crippen LogP) is -0.168. The molecule has 5 nitrogen and oxygen atoms in total. The SMILES string of the molecule is Cn1cc(C2=NC(N)=C(F)CN2)ccc1=O. The van der Waals surface area contributed by atoms with Crippen LogP contribution < -0.4 is 16.6 Å². The molecule has 1 aromatic heterocycles. The molecule has 0 unspecified atom stereocenters. The van der Waals surface area contributed by atoms with Crippen LogP contribution in [-0.2, 0) is 7.05 Å². The van der Waals surface area contributed by atoms with Crippen molar-refractivity contribution < 1.29 is 4.39 Å². The van der Waals surface area contributed by atoms with Crippen LogP contribution >= 0.6 is 0 Å². The fourth-order valence-electron chi connectivity index (χ4n) is 1.37. The number of nitrogens with zero attached hydrogens (tertiary/aromatic N) is 2. The molecular weight excluding hydrogens is 211 g/mol. The average molecular weight is 222 g/mol. The molecule has 2 rings (SSSR count). The second-order valence-electron chi connectivity index (χ2n) is 3.47. The van der Waals surface area contributed by atoms with Crippen molar-refractivity contribution in [1.82, 2.24) is 9.88 Å². The number of hydrogen-bond donors (Lipinski definition) is 2. The molecule has 0 amide bonds. The molecule has 0 saturated heterocycles. The first-order valence-corrected chi connectivity index (χ1v) is 4.71. The van der Waals surface area contributed by atoms with Gasteiger partial charge in [-0.2, -0.15) is 0 Å². The maximum atomic E-state index is 12.9. The lowest BCUT2D eigenvalue weighted by Crippen LogP contribution is -2.32. The molecule has 0 saturated carbocycles. The van der Waals surface area contributed by atoms with Crippen LogP contribution in [0, 0.1) is 0 Å². The van der Waals surface area contributed by atoms with Gasteiger partial charge in [-0.25, -0.2) is 9.38 Å². The van der Waals surface area contributed by atoms with E-state index < -0.39 is 5.83 Å². The molecule has 3 N–H and O–H groups in total. The van der Waals surface area contributed by atoms with E-state index in [1.807, 2.05) is 0 Å². The van der Waals surface area contributed by atoms with E-state index in [1.54, 1.807) is 19.3 Å². The molecule has 1 aromatic rings. The summed E-state index contributed by atoms with van der Waals surface area (Å²) in [5.74, 6) is -0.134. The molecule has 0 spiro atoms. The van der Waals surface area contributed by atoms with Crippen LogP contribution in [0.2, 0.25) is 0 Å². The topological polar surface area (TPSA) is 72.4 Å². The Morgan fingerprint density at radius 1 is 1.56 bits per heavy atom. The molecular formula is C10H11FN4O. The number of aromatic nitrogens is 1. The minimum atomic E-state index is -0.478. The Morgan fingerprint density at radius 3 is 2.94 bits per heavy atom. The van der Waals surface area contributed by atoms with Crippen LogP contribution in [0.15, 0.2) is 39.8 Å². The standard InChI is InChI=1S/C10H11FN4O/c1-15-5-6(2-3-8(15)16)10-13-4-7(11)9(12)14-10/h2-3,5H,4,12H2,1H3,(H,13,14). The average Bonchev–Trinajstić information content (AvgIpc) is 2.26. The third-order valence-electron chi connectivity index (χ3n) is 2.28. The van der Waals surface area contributed by atoms with Crippen LogP contribution in [-0.4, -0.2) is 16.9 Å². The van der Waals surface area contributed by atoms with Crippen LogP contribution in [0.5, 0.6) is 0 Å². The zero-order chi connectivity index (χ0) is 11.7. The largest absolute Gasteiger partial charge is 0.381 e. The number of hydrogen-bond acceptors (Lipinski definition) is 4. The van der Waals surface area contributed by atoms with Gasteiger partial charge in [0.15, 0.2) is 11.6 Å². The molecule has 16 heavy (non-hydrogen) atoms. The van der Waals surface area contributed by atoms with Crippen LogP contribution in [0.1, 0.15) is 5.56 Å². The van der Waals surface area contributed by atoms with Gasteiger partial charge >= 0.3 is 0 Å². The Hall–Kier alpha value is -2.11. The summed E-state index contributed by atoms with van der Waals surface area (Å²) in [7, 11) is 1.63. The van der Waals surface area contributed by atoms with E-state index in [0.29, 0.717) is 11.4 Å². The van der Waals surface area contributed by atoms with Crippen molar-refractivity contribution in [2.75, 3.05) is 6.54 Å². The van der Waals surface area contributed by atoms with E-state index >= 15 is 0 Å². The van der Waals surface area contributed by atoms with Gasteiger partial charge in [0.1, 0.15) is 5.84 Å². The van der Waals surface area contributed by atoms with Crippen molar-refractivity contribution in [2.24, 2.45) is 17.8 Å². The quantitative estimate of drug-likeness (QED) is 0.693. The minimum absolute atomic E-state index is 0.0213. The van der Waals surface area contributed by atoms with E-state index in [0.717, 1.165) is 0 Å². The Morgan fingerprint density at radius 2 is 2.31 bits per heavy atom. The van der Waals surface area contributed by atoms with Crippen LogP contribution in [0.3, 0.4) is 0 Å². The van der Waals surface area contributed by atoms with Crippen molar-refractivity contribution >= 4 is 5.84 Å². The van der Waals surface area contributed by atoms with Gasteiger partial charge < -0.3 is 15.6 Å². The Bertz CT molecular complexity index is 544. The number of amidine groups is 1. The van der Waals surface area contributed by atoms with E-state index in [9.17, 15) is 9.18 Å². The third-order valence-corrected chi connectivity index (χ3v) is 2.28. The lowest BCUT2D eigenvalue weighted by Gasteiger charge is -2.15. The molecule has 0 aromatic carbocycles. The lowest BCUT2D eigenvalue weighted by atomic mass is 10.2. The van der Waals surface area contributed by atoms with Gasteiger partial charge in [-0.3, -0.25) is 4.79 Å². The van der Waals surface area contributed by atoms with Gasteiger partial charge in [-0.05, 0) is 6.07 Å². The van der Waals surface area contributed by atoms with Crippen LogP contribution in [0.25, 0.3) is 0 Å². The molecule has 1 aliphatic heterocycles. The first-order valence-electron chi connectivity index (χ1n) is 4.71. The monoisotopic (exact) mass is 222 g/mol. The molecule has 84 valence electrons. The molecule has 0 aliphatic carbocycles. The van der Waals surface area contributed by atoms with E-state index in [-0.39, 0.29) is 17.9 Å². The first-order chi connectivity index (χ1) is 7.58. The number of halogens is 1. The maximum Gasteiger partial charge on any atom is 0.250 e. The van der Waals surface area contributed by atoms with Gasteiger partial charge in [0.2, 0.25) is 5.56 Å². The van der Waals surface area contributed by atoms with Gasteiger partial charge in [-0.15, -0.1) is 0 Å². The zero-order valence-corrected chi connectivity index (χ0v) is 8.70. The van der Waals surface area contributed by atoms with Gasteiger partial charge in [0, 0.05) is 24.9 Å². The highest BCUT2D eigenvalue weighted by molar-refractivity contribution is 5.99. The Balaban J connectivity index is 2.43. The highest BCUT2D eigenvalue weighted by Gasteiger charge is 2.13. The van der Waals surface area contributed by atoms with Crippen LogP contribution in [0.4, 0.5) is 4.39 Å². The first kappa shape index (κ1) is 10.4. The van der Waals surface area contributed by atoms with E-state index in [4.69, 9.17) is 5.73 Å². The van der Waals surface area contributed by atoms with Crippen molar-refractivity contribution in [3.05, 3.63) is 45.9 Å². The molecule has 6 heteroatoms. The van der Waals surface area contributed by atoms with Crippen molar-refractivity contribution in [2.45, 2.75) is 0 Å². The predicted molar refractivity (Wildman–Crippen MR) is 58.5 cm³/mol. The summed E-state index contributed by atoms with van der Waals surface area (Å²) in [5, 5.41) is 2.78. The zero-order valence-electron chi connectivity index (χ0n) is 8.70. The summed E-state index contributed by atoms with van der Waals surface area (Å²) in [6, 6.07) is 3.04. The normalized spacial score (nSPS) is 15.8. The molecule has 0 atom stereocenters. The van der Waals surface area contributed by atoms with Crippen molar-refractivity contribution in [3.63, 3.8) is 0 Å². The summed E-state index contributed by atoms with van der Waals surface area (Å²) in [6.07, 6.45) is 1.62. The second kappa shape index (κ2) is 3.80. The summed E-state index contributed by atoms with van der Waals surface area (Å²) in [5.41, 5.74) is 5.96.